The molecule has 8 heteroatoms. The van der Waals surface area contributed by atoms with Gasteiger partial charge in [-0.25, -0.2) is 15.0 Å². The van der Waals surface area contributed by atoms with E-state index >= 15 is 0 Å². The first-order chi connectivity index (χ1) is 11.7. The second-order valence-electron chi connectivity index (χ2n) is 5.72. The molecule has 2 aromatic heterocycles. The molecule has 7 nitrogen and oxygen atoms in total. The number of ether oxygens (including phenoxy) is 1. The van der Waals surface area contributed by atoms with Crippen molar-refractivity contribution in [2.45, 2.75) is 32.2 Å². The van der Waals surface area contributed by atoms with E-state index in [0.717, 1.165) is 36.6 Å². The average Bonchev–Trinajstić information content (AvgIpc) is 3.07. The number of nitrogens with one attached hydrogen (secondary N) is 1. The van der Waals surface area contributed by atoms with Gasteiger partial charge in [0.15, 0.2) is 5.13 Å². The molecule has 1 saturated heterocycles. The molecule has 1 aliphatic rings. The maximum Gasteiger partial charge on any atom is 0.249 e. The van der Waals surface area contributed by atoms with Crippen LogP contribution in [0.15, 0.2) is 17.6 Å². The third kappa shape index (κ3) is 3.88. The first kappa shape index (κ1) is 16.8. The number of rotatable bonds is 5. The Balaban J connectivity index is 1.86. The fourth-order valence-corrected chi connectivity index (χ4v) is 3.50. The van der Waals surface area contributed by atoms with E-state index in [4.69, 9.17) is 4.74 Å². The van der Waals surface area contributed by atoms with Crippen molar-refractivity contribution in [3.63, 3.8) is 0 Å². The molecule has 0 radical (unpaired) electrons. The van der Waals surface area contributed by atoms with Gasteiger partial charge in [-0.15, -0.1) is 11.3 Å². The second kappa shape index (κ2) is 7.67. The zero-order valence-corrected chi connectivity index (χ0v) is 14.7. The number of thiazole rings is 1. The van der Waals surface area contributed by atoms with Gasteiger partial charge in [-0.1, -0.05) is 0 Å². The fraction of sp³-hybridized carbons (Fsp3) is 0.500. The molecule has 24 heavy (non-hydrogen) atoms. The Morgan fingerprint density at radius 3 is 3.08 bits per heavy atom. The third-order valence-corrected chi connectivity index (χ3v) is 4.65. The van der Waals surface area contributed by atoms with Crippen LogP contribution in [-0.4, -0.2) is 46.0 Å². The monoisotopic (exact) mass is 347 g/mol. The maximum atomic E-state index is 12.3. The number of aromatic nitrogens is 3. The van der Waals surface area contributed by atoms with E-state index < -0.39 is 0 Å². The van der Waals surface area contributed by atoms with Gasteiger partial charge in [0.25, 0.3) is 0 Å². The van der Waals surface area contributed by atoms with Gasteiger partial charge in [-0.2, -0.15) is 0 Å². The number of hydrogen-bond acceptors (Lipinski definition) is 7. The standard InChI is InChI=1S/C16H21N5O2S/c1-11-18-12(9-14(19-11)20-16-17-6-8-24-16)13-5-3-4-7-21(13)15(22)10-23-2/h6,8-9,13H,3-5,7,10H2,1-2H3,(H,17,18,19,20)/t13-/m1/s1. The molecule has 0 aliphatic carbocycles. The smallest absolute Gasteiger partial charge is 0.249 e. The number of methoxy groups -OCH3 is 1. The predicted molar refractivity (Wildman–Crippen MR) is 92.3 cm³/mol. The summed E-state index contributed by atoms with van der Waals surface area (Å²) in [5.41, 5.74) is 0.866. The molecule has 0 aromatic carbocycles. The van der Waals surface area contributed by atoms with E-state index in [1.54, 1.807) is 13.3 Å². The lowest BCUT2D eigenvalue weighted by Crippen LogP contribution is -2.40. The molecule has 1 atom stereocenters. The predicted octanol–water partition coefficient (Wildman–Crippen LogP) is 2.69. The molecular weight excluding hydrogens is 326 g/mol. The number of carbonyl (C=O) groups excluding carboxylic acids is 1. The van der Waals surface area contributed by atoms with E-state index in [-0.39, 0.29) is 18.6 Å². The zero-order valence-electron chi connectivity index (χ0n) is 13.9. The Labute approximate surface area is 145 Å². The third-order valence-electron chi connectivity index (χ3n) is 3.96. The van der Waals surface area contributed by atoms with Gasteiger partial charge >= 0.3 is 0 Å². The fourth-order valence-electron chi connectivity index (χ4n) is 2.96. The summed E-state index contributed by atoms with van der Waals surface area (Å²) in [6.07, 6.45) is 4.75. The van der Waals surface area contributed by atoms with E-state index in [9.17, 15) is 4.79 Å². The minimum Gasteiger partial charge on any atom is -0.375 e. The Hall–Kier alpha value is -2.06. The molecule has 2 aromatic rings. The van der Waals surface area contributed by atoms with Gasteiger partial charge < -0.3 is 15.0 Å². The minimum absolute atomic E-state index is 0.00731. The molecule has 1 fully saturated rings. The summed E-state index contributed by atoms with van der Waals surface area (Å²) in [5, 5.41) is 5.89. The molecule has 0 unspecified atom stereocenters. The number of anilines is 2. The van der Waals surface area contributed by atoms with Crippen LogP contribution in [0.1, 0.15) is 36.8 Å². The van der Waals surface area contributed by atoms with Crippen molar-refractivity contribution in [1.82, 2.24) is 19.9 Å². The zero-order chi connectivity index (χ0) is 16.9. The number of aryl methyl sites for hydroxylation is 1. The van der Waals surface area contributed by atoms with Gasteiger partial charge in [-0.05, 0) is 26.2 Å². The highest BCUT2D eigenvalue weighted by atomic mass is 32.1. The van der Waals surface area contributed by atoms with Crippen molar-refractivity contribution in [2.75, 3.05) is 25.6 Å². The number of amides is 1. The van der Waals surface area contributed by atoms with Crippen LogP contribution in [0.3, 0.4) is 0 Å². The van der Waals surface area contributed by atoms with Gasteiger partial charge in [0.1, 0.15) is 18.2 Å². The molecule has 0 bridgehead atoms. The van der Waals surface area contributed by atoms with E-state index in [2.05, 4.69) is 20.3 Å². The van der Waals surface area contributed by atoms with Gasteiger partial charge in [0.05, 0.1) is 11.7 Å². The molecule has 128 valence electrons. The first-order valence-corrected chi connectivity index (χ1v) is 8.86. The Morgan fingerprint density at radius 2 is 2.33 bits per heavy atom. The summed E-state index contributed by atoms with van der Waals surface area (Å²) >= 11 is 1.51. The Bertz CT molecular complexity index is 692. The van der Waals surface area contributed by atoms with E-state index in [1.807, 2.05) is 23.3 Å². The molecule has 1 N–H and O–H groups in total. The highest BCUT2D eigenvalue weighted by Crippen LogP contribution is 2.31. The summed E-state index contributed by atoms with van der Waals surface area (Å²) in [4.78, 5) is 27.4. The minimum atomic E-state index is -0.0278. The molecule has 0 spiro atoms. The average molecular weight is 347 g/mol. The number of nitrogens with zero attached hydrogens (tertiary/aromatic N) is 4. The number of piperidine rings is 1. The molecule has 3 heterocycles. The van der Waals surface area contributed by atoms with Crippen LogP contribution in [0.25, 0.3) is 0 Å². The van der Waals surface area contributed by atoms with Crippen LogP contribution in [0.5, 0.6) is 0 Å². The summed E-state index contributed by atoms with van der Waals surface area (Å²) in [5.74, 6) is 1.39. The normalized spacial score (nSPS) is 17.8. The van der Waals surface area contributed by atoms with Crippen molar-refractivity contribution < 1.29 is 9.53 Å². The number of hydrogen-bond donors (Lipinski definition) is 1. The van der Waals surface area contributed by atoms with Crippen LogP contribution < -0.4 is 5.32 Å². The molecular formula is C16H21N5O2S. The lowest BCUT2D eigenvalue weighted by molar-refractivity contribution is -0.139. The van der Waals surface area contributed by atoms with Crippen LogP contribution in [-0.2, 0) is 9.53 Å². The van der Waals surface area contributed by atoms with Crippen molar-refractivity contribution in [3.8, 4) is 0 Å². The van der Waals surface area contributed by atoms with Crippen LogP contribution >= 0.6 is 11.3 Å². The van der Waals surface area contributed by atoms with Gasteiger partial charge in [0.2, 0.25) is 5.91 Å². The van der Waals surface area contributed by atoms with E-state index in [0.29, 0.717) is 11.6 Å². The van der Waals surface area contributed by atoms with Crippen molar-refractivity contribution in [3.05, 3.63) is 29.2 Å². The highest BCUT2D eigenvalue weighted by molar-refractivity contribution is 7.13. The molecule has 1 amide bonds. The number of likely N-dealkylation sites (tertiary alicyclic amines) is 1. The second-order valence-corrected chi connectivity index (χ2v) is 6.61. The summed E-state index contributed by atoms with van der Waals surface area (Å²) < 4.78 is 5.02. The summed E-state index contributed by atoms with van der Waals surface area (Å²) in [7, 11) is 1.54. The van der Waals surface area contributed by atoms with Crippen LogP contribution in [0.4, 0.5) is 10.9 Å². The van der Waals surface area contributed by atoms with Crippen molar-refractivity contribution in [1.29, 1.82) is 0 Å². The SMILES string of the molecule is COCC(=O)N1CCCC[C@@H]1c1cc(Nc2nccs2)nc(C)n1. The van der Waals surface area contributed by atoms with Gasteiger partial charge in [0, 0.05) is 31.3 Å². The topological polar surface area (TPSA) is 80.2 Å². The quantitative estimate of drug-likeness (QED) is 0.896. The number of carbonyl (C=O) groups is 1. The molecule has 0 saturated carbocycles. The van der Waals surface area contributed by atoms with Crippen molar-refractivity contribution >= 4 is 28.2 Å². The highest BCUT2D eigenvalue weighted by Gasteiger charge is 2.29. The molecule has 3 rings (SSSR count). The summed E-state index contributed by atoms with van der Waals surface area (Å²) in [6.45, 7) is 2.70. The maximum absolute atomic E-state index is 12.3. The van der Waals surface area contributed by atoms with Crippen LogP contribution in [0, 0.1) is 6.92 Å². The van der Waals surface area contributed by atoms with Crippen LogP contribution in [0.2, 0.25) is 0 Å². The lowest BCUT2D eigenvalue weighted by Gasteiger charge is -2.35. The Morgan fingerprint density at radius 1 is 1.46 bits per heavy atom. The van der Waals surface area contributed by atoms with E-state index in [1.165, 1.54) is 11.3 Å². The first-order valence-electron chi connectivity index (χ1n) is 7.98. The largest absolute Gasteiger partial charge is 0.375 e. The van der Waals surface area contributed by atoms with Gasteiger partial charge in [-0.3, -0.25) is 4.79 Å². The lowest BCUT2D eigenvalue weighted by atomic mass is 9.99. The summed E-state index contributed by atoms with van der Waals surface area (Å²) in [6, 6.07) is 1.89. The van der Waals surface area contributed by atoms with Crippen molar-refractivity contribution in [2.24, 2.45) is 0 Å². The molecule has 1 aliphatic heterocycles. The Kier molecular flexibility index (Phi) is 5.37.